The molecule has 0 atom stereocenters. The minimum absolute atomic E-state index is 0. The van der Waals surface area contributed by atoms with Gasteiger partial charge >= 0.3 is 46.7 Å². The van der Waals surface area contributed by atoms with Gasteiger partial charge in [-0.1, -0.05) is 38.1 Å². The molecule has 140 valence electrons. The van der Waals surface area contributed by atoms with E-state index in [4.69, 9.17) is 0 Å². The van der Waals surface area contributed by atoms with Crippen LogP contribution in [0.15, 0.2) is 69.6 Å². The van der Waals surface area contributed by atoms with Crippen LogP contribution in [0.2, 0.25) is 0 Å². The van der Waals surface area contributed by atoms with E-state index in [1.807, 2.05) is 36.4 Å². The van der Waals surface area contributed by atoms with Gasteiger partial charge in [0, 0.05) is 4.47 Å². The fourth-order valence-electron chi connectivity index (χ4n) is 2.71. The van der Waals surface area contributed by atoms with Gasteiger partial charge in [0.2, 0.25) is 0 Å². The molecule has 5 heteroatoms. The molecule has 2 aliphatic carbocycles. The first-order valence-electron chi connectivity index (χ1n) is 8.35. The second kappa shape index (κ2) is 12.6. The molecule has 0 saturated heterocycles. The van der Waals surface area contributed by atoms with Crippen molar-refractivity contribution in [3.63, 3.8) is 0 Å². The predicted octanol–water partition coefficient (Wildman–Crippen LogP) is 0.886. The molecule has 0 bridgehead atoms. The van der Waals surface area contributed by atoms with E-state index in [0.29, 0.717) is 0 Å². The maximum atomic E-state index is 3.51. The van der Waals surface area contributed by atoms with Crippen LogP contribution in [0, 0.1) is 6.07 Å². The van der Waals surface area contributed by atoms with E-state index < -0.39 is 0 Å². The average molecular weight is 604 g/mol. The summed E-state index contributed by atoms with van der Waals surface area (Å²) in [7, 11) is 0. The smallest absolute Gasteiger partial charge is 0.172 e. The quantitative estimate of drug-likeness (QED) is 0.262. The van der Waals surface area contributed by atoms with Crippen molar-refractivity contribution >= 4 is 35.1 Å². The van der Waals surface area contributed by atoms with E-state index in [9.17, 15) is 0 Å². The molecule has 0 aromatic heterocycles. The molecule has 0 nitrogen and oxygen atoms in total. The van der Waals surface area contributed by atoms with Crippen molar-refractivity contribution in [1.82, 2.24) is 0 Å². The summed E-state index contributed by atoms with van der Waals surface area (Å²) in [6, 6.07) is 23.9. The molecular weight excluding hydrogens is 586 g/mol. The summed E-state index contributed by atoms with van der Waals surface area (Å²) in [5.41, 5.74) is 5.33. The molecule has 0 unspecified atom stereocenters. The molecule has 0 radical (unpaired) electrons. The molecule has 0 aliphatic heterocycles. The third-order valence-electron chi connectivity index (χ3n) is 4.23. The summed E-state index contributed by atoms with van der Waals surface area (Å²) in [4.78, 5) is 0. The Labute approximate surface area is 205 Å². The molecule has 0 spiro atoms. The van der Waals surface area contributed by atoms with Gasteiger partial charge in [-0.2, -0.15) is 42.0 Å². The zero-order chi connectivity index (χ0) is 17.6. The minimum atomic E-state index is 0. The van der Waals surface area contributed by atoms with Gasteiger partial charge in [-0.15, -0.1) is 21.5 Å². The number of hydrogen-bond acceptors (Lipinski definition) is 0. The van der Waals surface area contributed by atoms with E-state index in [2.05, 4.69) is 62.2 Å². The maximum Gasteiger partial charge on any atom is -0.172 e. The molecule has 1 fully saturated rings. The molecule has 5 rings (SSSR count). The monoisotopic (exact) mass is 600 g/mol. The van der Waals surface area contributed by atoms with Crippen molar-refractivity contribution in [1.29, 1.82) is 0 Å². The molecule has 0 amide bonds. The third-order valence-corrected chi connectivity index (χ3v) is 6.41. The van der Waals surface area contributed by atoms with E-state index in [1.54, 1.807) is 27.4 Å². The Morgan fingerprint density at radius 1 is 0.926 bits per heavy atom. The molecule has 27 heavy (non-hydrogen) atoms. The topological polar surface area (TPSA) is 0 Å². The summed E-state index contributed by atoms with van der Waals surface area (Å²) in [5, 5.41) is 0. The molecule has 3 aromatic carbocycles. The van der Waals surface area contributed by atoms with Gasteiger partial charge in [-0.05, 0) is 18.1 Å². The van der Waals surface area contributed by atoms with Crippen LogP contribution in [-0.2, 0) is 30.7 Å². The first-order valence-corrected chi connectivity index (χ1v) is 11.2. The Hall–Kier alpha value is 0.0831. The Balaban J connectivity index is 0.000000253. The molecule has 1 saturated carbocycles. The standard InChI is InChI=1S/C13H7Br2.C5H5.C4H6.2ClH.Zr/c14-10-3-1-8-5-9-2-4-11(15)7-13(9)12(8)6-10;1-2-4-5-3-1;1-2-4-3-1;;;/h1,3-4,6-7H,5H2;1-5H;1-3H2;2*1H;/q2*-1;;;;+2/p-2. The molecule has 2 aliphatic rings. The van der Waals surface area contributed by atoms with Crippen molar-refractivity contribution in [3.05, 3.63) is 86.8 Å². The van der Waals surface area contributed by atoms with Gasteiger partial charge in [0.15, 0.2) is 0 Å². The van der Waals surface area contributed by atoms with Crippen molar-refractivity contribution < 1.29 is 49.0 Å². The Kier molecular flexibility index (Phi) is 11.7. The van der Waals surface area contributed by atoms with Crippen LogP contribution in [0.25, 0.3) is 11.1 Å². The van der Waals surface area contributed by atoms with Crippen molar-refractivity contribution in [2.75, 3.05) is 0 Å². The van der Waals surface area contributed by atoms with Crippen LogP contribution in [-0.4, -0.2) is 3.21 Å². The molecule has 3 aromatic rings. The fraction of sp³-hybridized carbons (Fsp3) is 0.182. The van der Waals surface area contributed by atoms with E-state index in [-0.39, 0.29) is 24.8 Å². The van der Waals surface area contributed by atoms with Gasteiger partial charge in [0.1, 0.15) is 0 Å². The number of hydrogen-bond donors (Lipinski definition) is 0. The molecule has 0 N–H and O–H groups in total. The Morgan fingerprint density at radius 2 is 1.56 bits per heavy atom. The largest absolute Gasteiger partial charge is 0.214 e. The van der Waals surface area contributed by atoms with E-state index in [1.165, 1.54) is 41.5 Å². The van der Waals surface area contributed by atoms with Gasteiger partial charge in [0.05, 0.1) is 0 Å². The number of benzene rings is 2. The zero-order valence-corrected chi connectivity index (χ0v) is 21.8. The van der Waals surface area contributed by atoms with E-state index in [0.717, 1.165) is 15.4 Å². The third kappa shape index (κ3) is 7.44. The predicted molar refractivity (Wildman–Crippen MR) is 110 cm³/mol. The molecule has 0 heterocycles. The summed E-state index contributed by atoms with van der Waals surface area (Å²) in [5.74, 6) is 0. The summed E-state index contributed by atoms with van der Waals surface area (Å²) < 4.78 is 4.00. The van der Waals surface area contributed by atoms with Crippen LogP contribution in [0.3, 0.4) is 0 Å². The van der Waals surface area contributed by atoms with Crippen molar-refractivity contribution in [3.8, 4) is 11.1 Å². The first kappa shape index (κ1) is 25.1. The SMILES string of the molecule is Brc1c[c-]c2c(c1)-c1cc(Br)ccc1C2.[Cl-].[Cl-].[Zr+2]=[C]1CCC1.c1cc[cH-]c1. The maximum absolute atomic E-state index is 3.51. The van der Waals surface area contributed by atoms with Gasteiger partial charge in [-0.25, -0.2) is 12.1 Å². The summed E-state index contributed by atoms with van der Waals surface area (Å²) in [6.45, 7) is 0. The van der Waals surface area contributed by atoms with E-state index >= 15 is 0 Å². The van der Waals surface area contributed by atoms with Crippen LogP contribution in [0.1, 0.15) is 30.4 Å². The van der Waals surface area contributed by atoms with Gasteiger partial charge in [0.25, 0.3) is 0 Å². The summed E-state index contributed by atoms with van der Waals surface area (Å²) >= 11 is 8.68. The second-order valence-corrected chi connectivity index (χ2v) is 9.68. The minimum Gasteiger partial charge on any atom is -0.214 e. The number of rotatable bonds is 0. The Bertz CT molecular complexity index is 788. The zero-order valence-electron chi connectivity index (χ0n) is 14.6. The van der Waals surface area contributed by atoms with Crippen molar-refractivity contribution in [2.45, 2.75) is 25.7 Å². The number of fused-ring (bicyclic) bond motifs is 3. The van der Waals surface area contributed by atoms with Crippen LogP contribution in [0.4, 0.5) is 0 Å². The van der Waals surface area contributed by atoms with Gasteiger partial charge in [-0.3, -0.25) is 0 Å². The van der Waals surface area contributed by atoms with Gasteiger partial charge < -0.3 is 24.8 Å². The fourth-order valence-corrected chi connectivity index (χ4v) is 4.28. The van der Waals surface area contributed by atoms with Crippen LogP contribution >= 0.6 is 31.9 Å². The second-order valence-electron chi connectivity index (χ2n) is 6.11. The Morgan fingerprint density at radius 3 is 2.07 bits per heavy atom. The van der Waals surface area contributed by atoms with Crippen LogP contribution in [0.5, 0.6) is 0 Å². The summed E-state index contributed by atoms with van der Waals surface area (Å²) in [6.07, 6.45) is 5.36. The van der Waals surface area contributed by atoms with Crippen LogP contribution < -0.4 is 24.8 Å². The first-order chi connectivity index (χ1) is 12.1. The number of halogens is 4. The van der Waals surface area contributed by atoms with Crippen molar-refractivity contribution in [2.24, 2.45) is 0 Å². The normalized spacial score (nSPS) is 12.5. The molecular formula is C22H18Br2Cl2Zr-2. The average Bonchev–Trinajstić information content (AvgIpc) is 3.25.